The van der Waals surface area contributed by atoms with Crippen molar-refractivity contribution in [1.29, 1.82) is 0 Å². The minimum atomic E-state index is -0.163. The quantitative estimate of drug-likeness (QED) is 0.786. The topological polar surface area (TPSA) is 41.9 Å². The maximum atomic E-state index is 12.8. The van der Waals surface area contributed by atoms with Crippen molar-refractivity contribution in [3.8, 4) is 0 Å². The van der Waals surface area contributed by atoms with E-state index < -0.39 is 0 Å². The molecule has 3 aliphatic heterocycles. The summed E-state index contributed by atoms with van der Waals surface area (Å²) in [5.41, 5.74) is 3.47. The van der Waals surface area contributed by atoms with Gasteiger partial charge < -0.3 is 4.74 Å². The summed E-state index contributed by atoms with van der Waals surface area (Å²) in [6, 6.07) is 9.03. The minimum Gasteiger partial charge on any atom is -0.469 e. The normalized spacial score (nSPS) is 39.2. The van der Waals surface area contributed by atoms with Crippen LogP contribution >= 0.6 is 0 Å². The number of fused-ring (bicyclic) bond motifs is 2. The van der Waals surface area contributed by atoms with Crippen molar-refractivity contribution in [3.05, 3.63) is 29.8 Å². The van der Waals surface area contributed by atoms with Crippen LogP contribution in [0.5, 0.6) is 0 Å². The van der Waals surface area contributed by atoms with Crippen molar-refractivity contribution in [2.24, 2.45) is 22.7 Å². The van der Waals surface area contributed by atoms with E-state index in [0.717, 1.165) is 43.8 Å². The smallest absolute Gasteiger partial charge is 0.314 e. The number of ether oxygens (including phenoxy) is 1. The van der Waals surface area contributed by atoms with Crippen molar-refractivity contribution in [2.45, 2.75) is 37.6 Å². The molecule has 1 aromatic carbocycles. The average Bonchev–Trinajstić information content (AvgIpc) is 3.17. The maximum absolute atomic E-state index is 12.8. The zero-order valence-electron chi connectivity index (χ0n) is 14.4. The second-order valence-electron chi connectivity index (χ2n) is 7.74. The lowest BCUT2D eigenvalue weighted by molar-refractivity contribution is -0.147. The van der Waals surface area contributed by atoms with Crippen LogP contribution in [0, 0.1) is 17.8 Å². The first-order valence-electron chi connectivity index (χ1n) is 9.22. The van der Waals surface area contributed by atoms with Gasteiger partial charge in [-0.15, -0.1) is 0 Å². The Labute approximate surface area is 142 Å². The first kappa shape index (κ1) is 14.6. The van der Waals surface area contributed by atoms with E-state index in [4.69, 9.17) is 9.73 Å². The summed E-state index contributed by atoms with van der Waals surface area (Å²) in [4.78, 5) is 20.5. The third-order valence-corrected chi connectivity index (χ3v) is 7.13. The molecule has 0 amide bonds. The Hall–Kier alpha value is -1.68. The molecule has 24 heavy (non-hydrogen) atoms. The van der Waals surface area contributed by atoms with Crippen molar-refractivity contribution < 1.29 is 9.53 Å². The Morgan fingerprint density at radius 1 is 1.38 bits per heavy atom. The van der Waals surface area contributed by atoms with E-state index in [9.17, 15) is 4.79 Å². The lowest BCUT2D eigenvalue weighted by Crippen LogP contribution is -2.64. The van der Waals surface area contributed by atoms with E-state index in [0.29, 0.717) is 17.9 Å². The number of carbonyl (C=O) groups is 1. The molecule has 4 heteroatoms. The number of para-hydroxylation sites is 1. The monoisotopic (exact) mass is 324 g/mol. The summed E-state index contributed by atoms with van der Waals surface area (Å²) in [6.45, 7) is 4.51. The maximum Gasteiger partial charge on any atom is 0.314 e. The van der Waals surface area contributed by atoms with Crippen LogP contribution in [0.15, 0.2) is 29.3 Å². The Balaban J connectivity index is 1.77. The number of nitrogens with zero attached hydrogens (tertiary/aromatic N) is 2. The Morgan fingerprint density at radius 2 is 2.21 bits per heavy atom. The summed E-state index contributed by atoms with van der Waals surface area (Å²) < 4.78 is 5.25. The van der Waals surface area contributed by atoms with Gasteiger partial charge in [0.2, 0.25) is 0 Å². The summed E-state index contributed by atoms with van der Waals surface area (Å²) in [7, 11) is 1.52. The van der Waals surface area contributed by atoms with Gasteiger partial charge in [0.15, 0.2) is 0 Å². The largest absolute Gasteiger partial charge is 0.469 e. The minimum absolute atomic E-state index is 0.0625. The molecular formula is C20H24N2O2. The highest BCUT2D eigenvalue weighted by Gasteiger charge is 2.67. The van der Waals surface area contributed by atoms with Gasteiger partial charge in [0.25, 0.3) is 0 Å². The third kappa shape index (κ3) is 1.53. The van der Waals surface area contributed by atoms with Crippen LogP contribution in [-0.4, -0.2) is 42.8 Å². The molecule has 4 aliphatic rings. The predicted octanol–water partition coefficient (Wildman–Crippen LogP) is 2.93. The number of hydrogen-bond donors (Lipinski definition) is 0. The second kappa shape index (κ2) is 4.92. The third-order valence-electron chi connectivity index (χ3n) is 7.13. The second-order valence-corrected chi connectivity index (χ2v) is 7.74. The molecule has 4 nitrogen and oxygen atoms in total. The molecule has 3 heterocycles. The average molecular weight is 324 g/mol. The van der Waals surface area contributed by atoms with Gasteiger partial charge >= 0.3 is 5.97 Å². The highest BCUT2D eigenvalue weighted by molar-refractivity contribution is 6.13. The molecule has 3 fully saturated rings. The number of rotatable bonds is 2. The summed E-state index contributed by atoms with van der Waals surface area (Å²) in [5.74, 6) is 0.686. The van der Waals surface area contributed by atoms with Gasteiger partial charge in [-0.25, -0.2) is 0 Å². The van der Waals surface area contributed by atoms with Crippen LogP contribution in [0.2, 0.25) is 0 Å². The number of carbonyl (C=O) groups excluding carboxylic acids is 1. The van der Waals surface area contributed by atoms with Crippen LogP contribution in [0.4, 0.5) is 5.69 Å². The van der Waals surface area contributed by atoms with Gasteiger partial charge in [-0.05, 0) is 49.4 Å². The first-order chi connectivity index (χ1) is 11.7. The number of benzene rings is 1. The van der Waals surface area contributed by atoms with Gasteiger partial charge in [-0.1, -0.05) is 31.5 Å². The Kier molecular flexibility index (Phi) is 3.00. The molecule has 5 atom stereocenters. The van der Waals surface area contributed by atoms with Gasteiger partial charge in [-0.2, -0.15) is 0 Å². The van der Waals surface area contributed by atoms with E-state index in [1.807, 2.05) is 0 Å². The van der Waals surface area contributed by atoms with Crippen LogP contribution in [0.1, 0.15) is 31.7 Å². The van der Waals surface area contributed by atoms with E-state index >= 15 is 0 Å². The number of methoxy groups -OCH3 is 1. The van der Waals surface area contributed by atoms with E-state index in [1.54, 1.807) is 0 Å². The molecular weight excluding hydrogens is 300 g/mol. The Morgan fingerprint density at radius 3 is 3.00 bits per heavy atom. The van der Waals surface area contributed by atoms with Crippen molar-refractivity contribution in [1.82, 2.24) is 4.90 Å². The standard InChI is InChI=1S/C20H24N2O2/c1-3-12-13-8-10-22-11-9-20(18(12)22)14-6-4-5-7-15(14)21-17(20)16(13)19(23)24-2/h4-7,12-13,16,18H,3,8-11H2,1-2H3. The van der Waals surface area contributed by atoms with E-state index in [1.165, 1.54) is 12.7 Å². The van der Waals surface area contributed by atoms with Gasteiger partial charge in [0, 0.05) is 11.8 Å². The number of piperidine rings is 1. The molecule has 126 valence electrons. The SMILES string of the molecule is CCC1C2CCN3CCC4(C(=Nc5ccccc54)C2C(=O)OC)C13. The zero-order valence-corrected chi connectivity index (χ0v) is 14.4. The van der Waals surface area contributed by atoms with Crippen molar-refractivity contribution in [3.63, 3.8) is 0 Å². The summed E-state index contributed by atoms with van der Waals surface area (Å²) in [5, 5.41) is 0. The highest BCUT2D eigenvalue weighted by Crippen LogP contribution is 2.61. The fraction of sp³-hybridized carbons (Fsp3) is 0.600. The summed E-state index contributed by atoms with van der Waals surface area (Å²) >= 11 is 0. The number of esters is 1. The van der Waals surface area contributed by atoms with Gasteiger partial charge in [0.05, 0.1) is 24.1 Å². The van der Waals surface area contributed by atoms with Gasteiger partial charge in [-0.3, -0.25) is 14.7 Å². The van der Waals surface area contributed by atoms with Crippen LogP contribution in [-0.2, 0) is 14.9 Å². The fourth-order valence-electron chi connectivity index (χ4n) is 6.36. The molecule has 0 N–H and O–H groups in total. The molecule has 2 bridgehead atoms. The first-order valence-corrected chi connectivity index (χ1v) is 9.22. The molecule has 0 aromatic heterocycles. The van der Waals surface area contributed by atoms with Crippen LogP contribution < -0.4 is 0 Å². The van der Waals surface area contributed by atoms with E-state index in [-0.39, 0.29) is 17.3 Å². The summed E-state index contributed by atoms with van der Waals surface area (Å²) in [6.07, 6.45) is 3.29. The molecule has 5 unspecified atom stereocenters. The molecule has 1 aromatic rings. The lowest BCUT2D eigenvalue weighted by Gasteiger charge is -2.55. The Bertz CT molecular complexity index is 743. The highest BCUT2D eigenvalue weighted by atomic mass is 16.5. The molecule has 0 radical (unpaired) electrons. The van der Waals surface area contributed by atoms with Crippen molar-refractivity contribution in [2.75, 3.05) is 20.2 Å². The molecule has 2 saturated heterocycles. The van der Waals surface area contributed by atoms with Gasteiger partial charge in [0.1, 0.15) is 0 Å². The fourth-order valence-corrected chi connectivity index (χ4v) is 6.36. The lowest BCUT2D eigenvalue weighted by atomic mass is 9.53. The van der Waals surface area contributed by atoms with Crippen LogP contribution in [0.3, 0.4) is 0 Å². The zero-order chi connectivity index (χ0) is 16.5. The van der Waals surface area contributed by atoms with Crippen LogP contribution in [0.25, 0.3) is 0 Å². The number of aliphatic imine (C=N–C) groups is 1. The molecule has 1 spiro atoms. The predicted molar refractivity (Wildman–Crippen MR) is 92.6 cm³/mol. The molecule has 1 aliphatic carbocycles. The van der Waals surface area contributed by atoms with E-state index in [2.05, 4.69) is 36.1 Å². The van der Waals surface area contributed by atoms with Crippen molar-refractivity contribution >= 4 is 17.4 Å². The molecule has 1 saturated carbocycles. The molecule has 5 rings (SSSR count). The number of hydrogen-bond acceptors (Lipinski definition) is 4.